The van der Waals surface area contributed by atoms with Gasteiger partial charge in [0.15, 0.2) is 8.32 Å². The predicted octanol–water partition coefficient (Wildman–Crippen LogP) is 6.81. The van der Waals surface area contributed by atoms with Crippen molar-refractivity contribution in [3.8, 4) is 5.75 Å². The minimum absolute atomic E-state index is 0.0887. The van der Waals surface area contributed by atoms with Crippen LogP contribution in [-0.4, -0.2) is 37.9 Å². The van der Waals surface area contributed by atoms with Crippen molar-refractivity contribution in [1.29, 1.82) is 0 Å². The molecular formula is C29H42O5Si. The number of fused-ring (bicyclic) bond motifs is 1. The van der Waals surface area contributed by atoms with E-state index in [1.54, 1.807) is 0 Å². The van der Waals surface area contributed by atoms with Crippen LogP contribution in [0.4, 0.5) is 0 Å². The number of ketones is 1. The van der Waals surface area contributed by atoms with Gasteiger partial charge < -0.3 is 14.3 Å². The fourth-order valence-corrected chi connectivity index (χ4v) is 6.30. The minimum atomic E-state index is -1.96. The van der Waals surface area contributed by atoms with Crippen LogP contribution in [0.5, 0.6) is 5.75 Å². The average molecular weight is 499 g/mol. The van der Waals surface area contributed by atoms with E-state index in [9.17, 15) is 9.59 Å². The number of para-hydroxylation sites is 1. The third-order valence-corrected chi connectivity index (χ3v) is 12.6. The molecule has 1 aromatic rings. The molecule has 4 atom stereocenters. The number of carbonyl (C=O) groups excluding carboxylic acids is 1. The van der Waals surface area contributed by atoms with Crippen LogP contribution < -0.4 is 4.74 Å². The summed E-state index contributed by atoms with van der Waals surface area (Å²) in [6.45, 7) is 11.8. The summed E-state index contributed by atoms with van der Waals surface area (Å²) in [5.74, 6) is 0.656. The summed E-state index contributed by atoms with van der Waals surface area (Å²) in [7, 11) is -1.96. The SMILES string of the molecule is CC(C)(C)[Si](C)(C)O[C@H](/C=C/[C@H]1CC[C@H]2C/C(=C\CCC(=O)C(=O)O)C[C@@H]21)COc1ccccc1. The summed E-state index contributed by atoms with van der Waals surface area (Å²) in [5, 5.41) is 8.89. The largest absolute Gasteiger partial charge is 0.491 e. The van der Waals surface area contributed by atoms with Gasteiger partial charge >= 0.3 is 5.97 Å². The molecule has 0 spiro atoms. The van der Waals surface area contributed by atoms with Crippen molar-refractivity contribution >= 4 is 20.1 Å². The van der Waals surface area contributed by atoms with Gasteiger partial charge in [-0.25, -0.2) is 4.79 Å². The monoisotopic (exact) mass is 498 g/mol. The van der Waals surface area contributed by atoms with Crippen molar-refractivity contribution in [3.05, 3.63) is 54.1 Å². The first-order valence-electron chi connectivity index (χ1n) is 12.9. The normalized spacial score (nSPS) is 24.6. The molecule has 6 heteroatoms. The Balaban J connectivity index is 1.63. The van der Waals surface area contributed by atoms with Crippen LogP contribution in [0.1, 0.15) is 59.3 Å². The first kappa shape index (κ1) is 27.4. The third kappa shape index (κ3) is 7.65. The molecule has 192 valence electrons. The summed E-state index contributed by atoms with van der Waals surface area (Å²) < 4.78 is 12.8. The standard InChI is InChI=1S/C29H42O5Si/c1-29(2,3)35(4,5)34-25(20-33-24-11-7-6-8-12-24)17-16-22-14-15-23-18-21(19-26(22)23)10-9-13-27(30)28(31)32/h6-8,10-12,16-17,22-23,25-26H,9,13-15,18-20H2,1-5H3,(H,31,32)/b17-16+,21-10+/t22-,23+,25-,26-/m1/s1. The summed E-state index contributed by atoms with van der Waals surface area (Å²) in [6, 6.07) is 9.91. The van der Waals surface area contributed by atoms with Gasteiger partial charge in [0.1, 0.15) is 12.4 Å². The Hall–Kier alpha value is -2.18. The second kappa shape index (κ2) is 11.7. The number of Topliss-reactive ketones (excluding diaryl/α,β-unsaturated/α-hetero) is 1. The molecule has 0 amide bonds. The Bertz CT molecular complexity index is 928. The van der Waals surface area contributed by atoms with Gasteiger partial charge in [0, 0.05) is 6.42 Å². The second-order valence-electron chi connectivity index (χ2n) is 11.6. The van der Waals surface area contributed by atoms with Crippen molar-refractivity contribution < 1.29 is 23.9 Å². The van der Waals surface area contributed by atoms with Gasteiger partial charge in [-0.05, 0) is 80.1 Å². The highest BCUT2D eigenvalue weighted by atomic mass is 28.4. The molecule has 0 radical (unpaired) electrons. The highest BCUT2D eigenvalue weighted by molar-refractivity contribution is 6.74. The number of carboxylic acids is 1. The lowest BCUT2D eigenvalue weighted by Gasteiger charge is -2.38. The van der Waals surface area contributed by atoms with Gasteiger partial charge in [0.25, 0.3) is 0 Å². The molecule has 0 aliphatic heterocycles. The molecule has 2 aliphatic rings. The molecule has 0 bridgehead atoms. The number of hydrogen-bond donors (Lipinski definition) is 1. The van der Waals surface area contributed by atoms with Crippen LogP contribution in [0.3, 0.4) is 0 Å². The zero-order valence-corrected chi connectivity index (χ0v) is 23.0. The summed E-state index contributed by atoms with van der Waals surface area (Å²) in [6.07, 6.45) is 11.8. The zero-order valence-electron chi connectivity index (χ0n) is 22.0. The van der Waals surface area contributed by atoms with E-state index in [0.29, 0.717) is 30.8 Å². The second-order valence-corrected chi connectivity index (χ2v) is 16.4. The number of ether oxygens (including phenoxy) is 1. The van der Waals surface area contributed by atoms with E-state index < -0.39 is 20.1 Å². The molecule has 5 nitrogen and oxygen atoms in total. The molecule has 0 heterocycles. The van der Waals surface area contributed by atoms with E-state index >= 15 is 0 Å². The Labute approximate surface area is 211 Å². The Kier molecular flexibility index (Phi) is 9.16. The maximum Gasteiger partial charge on any atom is 0.372 e. The van der Waals surface area contributed by atoms with Gasteiger partial charge in [-0.15, -0.1) is 0 Å². The molecule has 1 N–H and O–H groups in total. The number of allylic oxidation sites excluding steroid dienone is 3. The predicted molar refractivity (Wildman–Crippen MR) is 142 cm³/mol. The topological polar surface area (TPSA) is 72.8 Å². The van der Waals surface area contributed by atoms with Crippen LogP contribution in [0.2, 0.25) is 18.1 Å². The lowest BCUT2D eigenvalue weighted by atomic mass is 9.91. The number of carboxylic acid groups (broad SMARTS) is 1. The van der Waals surface area contributed by atoms with Gasteiger partial charge in [-0.1, -0.05) is 62.8 Å². The van der Waals surface area contributed by atoms with Gasteiger partial charge in [-0.2, -0.15) is 0 Å². The first-order valence-corrected chi connectivity index (χ1v) is 15.8. The van der Waals surface area contributed by atoms with Crippen molar-refractivity contribution in [2.75, 3.05) is 6.61 Å². The molecule has 35 heavy (non-hydrogen) atoms. The third-order valence-electron chi connectivity index (χ3n) is 8.07. The van der Waals surface area contributed by atoms with E-state index in [-0.39, 0.29) is 17.6 Å². The van der Waals surface area contributed by atoms with E-state index in [2.05, 4.69) is 52.1 Å². The summed E-state index contributed by atoms with van der Waals surface area (Å²) >= 11 is 0. The maximum atomic E-state index is 11.4. The summed E-state index contributed by atoms with van der Waals surface area (Å²) in [4.78, 5) is 22.1. The van der Waals surface area contributed by atoms with E-state index in [1.165, 1.54) is 18.4 Å². The Morgan fingerprint density at radius 1 is 1.14 bits per heavy atom. The fourth-order valence-electron chi connectivity index (χ4n) is 5.04. The number of rotatable bonds is 11. The van der Waals surface area contributed by atoms with Gasteiger partial charge in [0.2, 0.25) is 5.78 Å². The number of benzene rings is 1. The van der Waals surface area contributed by atoms with Gasteiger partial charge in [0.05, 0.1) is 6.10 Å². The molecule has 0 aromatic heterocycles. The van der Waals surface area contributed by atoms with Crippen LogP contribution in [-0.2, 0) is 14.0 Å². The smallest absolute Gasteiger partial charge is 0.372 e. The molecule has 2 fully saturated rings. The van der Waals surface area contributed by atoms with Crippen molar-refractivity contribution in [3.63, 3.8) is 0 Å². The molecule has 3 rings (SSSR count). The number of hydrogen-bond acceptors (Lipinski definition) is 4. The van der Waals surface area contributed by atoms with E-state index in [4.69, 9.17) is 14.3 Å². The first-order chi connectivity index (χ1) is 16.5. The Morgan fingerprint density at radius 3 is 2.51 bits per heavy atom. The van der Waals surface area contributed by atoms with Crippen molar-refractivity contribution in [1.82, 2.24) is 0 Å². The highest BCUT2D eigenvalue weighted by Crippen LogP contribution is 2.50. The molecule has 2 aliphatic carbocycles. The van der Waals surface area contributed by atoms with Gasteiger partial charge in [-0.3, -0.25) is 4.79 Å². The van der Waals surface area contributed by atoms with Crippen LogP contribution >= 0.6 is 0 Å². The average Bonchev–Trinajstić information content (AvgIpc) is 3.36. The number of carbonyl (C=O) groups is 2. The molecular weight excluding hydrogens is 456 g/mol. The zero-order chi connectivity index (χ0) is 25.6. The van der Waals surface area contributed by atoms with Crippen LogP contribution in [0.25, 0.3) is 0 Å². The molecule has 1 aromatic carbocycles. The van der Waals surface area contributed by atoms with E-state index in [0.717, 1.165) is 18.6 Å². The number of aliphatic carboxylic acids is 1. The fraction of sp³-hybridized carbons (Fsp3) is 0.586. The lowest BCUT2D eigenvalue weighted by Crippen LogP contribution is -2.44. The van der Waals surface area contributed by atoms with Crippen LogP contribution in [0, 0.1) is 17.8 Å². The minimum Gasteiger partial charge on any atom is -0.491 e. The molecule has 0 saturated heterocycles. The van der Waals surface area contributed by atoms with Crippen molar-refractivity contribution in [2.45, 2.75) is 83.5 Å². The molecule has 2 saturated carbocycles. The van der Waals surface area contributed by atoms with Crippen LogP contribution in [0.15, 0.2) is 54.1 Å². The highest BCUT2D eigenvalue weighted by Gasteiger charge is 2.41. The molecule has 0 unspecified atom stereocenters. The maximum absolute atomic E-state index is 11.4. The summed E-state index contributed by atoms with van der Waals surface area (Å²) in [5.41, 5.74) is 1.39. The van der Waals surface area contributed by atoms with E-state index in [1.807, 2.05) is 30.3 Å². The van der Waals surface area contributed by atoms with Crippen molar-refractivity contribution in [2.24, 2.45) is 17.8 Å². The lowest BCUT2D eigenvalue weighted by molar-refractivity contribution is -0.149. The quantitative estimate of drug-likeness (QED) is 0.206. The Morgan fingerprint density at radius 2 is 1.86 bits per heavy atom.